The number of pyridine rings is 2. The smallest absolute Gasteiger partial charge is 0.255 e. The van der Waals surface area contributed by atoms with Gasteiger partial charge in [-0.25, -0.2) is 13.9 Å². The maximum atomic E-state index is 13.7. The highest BCUT2D eigenvalue weighted by molar-refractivity contribution is 6.12. The molecule has 0 radical (unpaired) electrons. The number of nitrogens with zero attached hydrogens (tertiary/aromatic N) is 4. The zero-order valence-electron chi connectivity index (χ0n) is 22.0. The predicted octanol–water partition coefficient (Wildman–Crippen LogP) is 5.93. The predicted molar refractivity (Wildman–Crippen MR) is 151 cm³/mol. The minimum absolute atomic E-state index is 0.303. The molecule has 0 unspecified atom stereocenters. The monoisotopic (exact) mass is 533 g/mol. The Morgan fingerprint density at radius 1 is 1.05 bits per heavy atom. The van der Waals surface area contributed by atoms with E-state index in [-0.39, 0.29) is 11.7 Å². The van der Waals surface area contributed by atoms with Crippen molar-refractivity contribution in [2.24, 2.45) is 0 Å². The fourth-order valence-electron chi connectivity index (χ4n) is 5.28. The summed E-state index contributed by atoms with van der Waals surface area (Å²) in [6, 6.07) is 19.5. The second kappa shape index (κ2) is 8.94. The highest BCUT2D eigenvalue weighted by atomic mass is 19.1. The van der Waals surface area contributed by atoms with E-state index >= 15 is 0 Å². The van der Waals surface area contributed by atoms with Gasteiger partial charge in [0.05, 0.1) is 16.8 Å². The lowest BCUT2D eigenvalue weighted by atomic mass is 9.99. The average molecular weight is 534 g/mol. The van der Waals surface area contributed by atoms with Crippen LogP contribution in [0.3, 0.4) is 0 Å². The fourth-order valence-corrected chi connectivity index (χ4v) is 5.28. The molecule has 0 spiro atoms. The van der Waals surface area contributed by atoms with Crippen LogP contribution in [0.4, 0.5) is 10.1 Å². The van der Waals surface area contributed by atoms with E-state index in [1.54, 1.807) is 19.2 Å². The Hall–Kier alpha value is -5.18. The molecule has 40 heavy (non-hydrogen) atoms. The summed E-state index contributed by atoms with van der Waals surface area (Å²) in [7, 11) is 5.45. The highest BCUT2D eigenvalue weighted by Crippen LogP contribution is 2.43. The van der Waals surface area contributed by atoms with E-state index in [0.29, 0.717) is 51.6 Å². The average Bonchev–Trinajstić information content (AvgIpc) is 3.54. The van der Waals surface area contributed by atoms with E-state index in [1.165, 1.54) is 12.1 Å². The number of hydrogen-bond donors (Lipinski definition) is 1. The maximum absolute atomic E-state index is 13.7. The van der Waals surface area contributed by atoms with Crippen molar-refractivity contribution < 1.29 is 18.3 Å². The Kier molecular flexibility index (Phi) is 5.34. The SMILES string of the molecule is CNC(=O)c1c(-c2ccc(F)cc2)oc2cc(N(C)C)c(-c3ccc4c(n3)-c3nn5ccccc5c3CO4)cc12. The molecule has 5 heterocycles. The number of nitrogens with one attached hydrogen (secondary N) is 1. The van der Waals surface area contributed by atoms with Crippen LogP contribution in [0, 0.1) is 5.82 Å². The maximum Gasteiger partial charge on any atom is 0.255 e. The summed E-state index contributed by atoms with van der Waals surface area (Å²) >= 11 is 0. The van der Waals surface area contributed by atoms with Crippen molar-refractivity contribution in [3.8, 4) is 39.7 Å². The number of anilines is 1. The van der Waals surface area contributed by atoms with E-state index in [2.05, 4.69) is 5.32 Å². The Morgan fingerprint density at radius 2 is 1.88 bits per heavy atom. The molecule has 4 aromatic heterocycles. The van der Waals surface area contributed by atoms with Crippen LogP contribution < -0.4 is 15.0 Å². The van der Waals surface area contributed by atoms with Crippen molar-refractivity contribution >= 4 is 28.1 Å². The lowest BCUT2D eigenvalue weighted by Gasteiger charge is -2.20. The standard InChI is InChI=1S/C31H24FN5O3/c1-33-31(38)27-20-14-19(24(36(2)3)15-26(20)40-30(27)17-7-9-18(32)10-8-17)22-11-12-25-29(34-22)28-21(16-39-25)23-6-4-5-13-37(23)35-28/h4-15H,16H2,1-3H3,(H,33,38). The summed E-state index contributed by atoms with van der Waals surface area (Å²) in [6.07, 6.45) is 1.91. The second-order valence-electron chi connectivity index (χ2n) is 9.84. The van der Waals surface area contributed by atoms with Crippen LogP contribution in [0.15, 0.2) is 77.3 Å². The van der Waals surface area contributed by atoms with Gasteiger partial charge < -0.3 is 19.4 Å². The molecule has 0 bridgehead atoms. The third-order valence-corrected chi connectivity index (χ3v) is 7.22. The largest absolute Gasteiger partial charge is 0.486 e. The van der Waals surface area contributed by atoms with E-state index in [9.17, 15) is 9.18 Å². The molecule has 1 N–H and O–H groups in total. The molecule has 9 heteroatoms. The number of ether oxygens (including phenoxy) is 1. The number of furan rings is 1. The minimum atomic E-state index is -0.366. The summed E-state index contributed by atoms with van der Waals surface area (Å²) in [6.45, 7) is 0.419. The van der Waals surface area contributed by atoms with Crippen molar-refractivity contribution in [3.63, 3.8) is 0 Å². The first-order valence-electron chi connectivity index (χ1n) is 12.8. The molecule has 0 fully saturated rings. The van der Waals surface area contributed by atoms with Gasteiger partial charge >= 0.3 is 0 Å². The Morgan fingerprint density at radius 3 is 2.65 bits per heavy atom. The first kappa shape index (κ1) is 23.9. The molecule has 0 saturated carbocycles. The van der Waals surface area contributed by atoms with Gasteiger partial charge in [0.25, 0.3) is 5.91 Å². The normalized spacial score (nSPS) is 12.2. The van der Waals surface area contributed by atoms with Crippen molar-refractivity contribution in [3.05, 3.63) is 89.9 Å². The van der Waals surface area contributed by atoms with Gasteiger partial charge in [-0.2, -0.15) is 5.10 Å². The van der Waals surface area contributed by atoms with Crippen LogP contribution >= 0.6 is 0 Å². The number of amides is 1. The molecule has 0 saturated heterocycles. The zero-order valence-corrected chi connectivity index (χ0v) is 22.0. The molecule has 6 aromatic rings. The van der Waals surface area contributed by atoms with Gasteiger partial charge in [0, 0.05) is 61.2 Å². The number of benzene rings is 2. The van der Waals surface area contributed by atoms with E-state index in [0.717, 1.165) is 28.0 Å². The summed E-state index contributed by atoms with van der Waals surface area (Å²) in [4.78, 5) is 20.1. The molecule has 1 aliphatic heterocycles. The molecular formula is C31H24FN5O3. The summed E-state index contributed by atoms with van der Waals surface area (Å²) in [5.41, 5.74) is 7.30. The molecule has 1 aliphatic rings. The molecule has 1 amide bonds. The number of aromatic nitrogens is 3. The lowest BCUT2D eigenvalue weighted by molar-refractivity contribution is 0.0964. The van der Waals surface area contributed by atoms with Crippen molar-refractivity contribution in [1.29, 1.82) is 0 Å². The molecule has 8 nitrogen and oxygen atoms in total. The van der Waals surface area contributed by atoms with Gasteiger partial charge in [-0.15, -0.1) is 0 Å². The number of fused-ring (bicyclic) bond motifs is 6. The van der Waals surface area contributed by atoms with Gasteiger partial charge in [-0.3, -0.25) is 4.79 Å². The third kappa shape index (κ3) is 3.62. The Balaban J connectivity index is 1.45. The van der Waals surface area contributed by atoms with Crippen molar-refractivity contribution in [2.45, 2.75) is 6.61 Å². The molecular weight excluding hydrogens is 509 g/mol. The minimum Gasteiger partial charge on any atom is -0.486 e. The highest BCUT2D eigenvalue weighted by Gasteiger charge is 2.27. The molecule has 7 rings (SSSR count). The first-order valence-corrected chi connectivity index (χ1v) is 12.8. The molecule has 198 valence electrons. The second-order valence-corrected chi connectivity index (χ2v) is 9.84. The quantitative estimate of drug-likeness (QED) is 0.302. The van der Waals surface area contributed by atoms with E-state index < -0.39 is 0 Å². The van der Waals surface area contributed by atoms with Crippen LogP contribution in [0.25, 0.3) is 50.5 Å². The van der Waals surface area contributed by atoms with Gasteiger partial charge in [0.2, 0.25) is 0 Å². The number of carbonyl (C=O) groups excluding carboxylic acids is 1. The van der Waals surface area contributed by atoms with Gasteiger partial charge in [0.15, 0.2) is 0 Å². The van der Waals surface area contributed by atoms with Crippen LogP contribution in [0.2, 0.25) is 0 Å². The van der Waals surface area contributed by atoms with E-state index in [4.69, 9.17) is 19.2 Å². The van der Waals surface area contributed by atoms with Crippen LogP contribution in [-0.4, -0.2) is 41.6 Å². The van der Waals surface area contributed by atoms with Crippen molar-refractivity contribution in [1.82, 2.24) is 19.9 Å². The van der Waals surface area contributed by atoms with Crippen LogP contribution in [-0.2, 0) is 6.61 Å². The van der Waals surface area contributed by atoms with Crippen LogP contribution in [0.1, 0.15) is 15.9 Å². The molecule has 0 atom stereocenters. The fraction of sp³-hybridized carbons (Fsp3) is 0.129. The van der Waals surface area contributed by atoms with E-state index in [1.807, 2.05) is 72.2 Å². The molecule has 0 aliphatic carbocycles. The van der Waals surface area contributed by atoms with Gasteiger partial charge in [-0.1, -0.05) is 6.07 Å². The first-order chi connectivity index (χ1) is 19.4. The topological polar surface area (TPSA) is 84.9 Å². The number of halogens is 1. The summed E-state index contributed by atoms with van der Waals surface area (Å²) < 4.78 is 27.8. The Labute approximate surface area is 228 Å². The third-order valence-electron chi connectivity index (χ3n) is 7.22. The molecule has 2 aromatic carbocycles. The Bertz CT molecular complexity index is 1960. The number of carbonyl (C=O) groups is 1. The number of hydrogen-bond acceptors (Lipinski definition) is 6. The van der Waals surface area contributed by atoms with Gasteiger partial charge in [0.1, 0.15) is 40.9 Å². The summed E-state index contributed by atoms with van der Waals surface area (Å²) in [5, 5.41) is 8.14. The summed E-state index contributed by atoms with van der Waals surface area (Å²) in [5.74, 6) is 0.370. The van der Waals surface area contributed by atoms with Crippen LogP contribution in [0.5, 0.6) is 5.75 Å². The van der Waals surface area contributed by atoms with Crippen molar-refractivity contribution in [2.75, 3.05) is 26.0 Å². The lowest BCUT2D eigenvalue weighted by Crippen LogP contribution is -2.18. The van der Waals surface area contributed by atoms with Gasteiger partial charge in [-0.05, 0) is 54.6 Å². The zero-order chi connectivity index (χ0) is 27.5. The number of rotatable bonds is 4.